The molecule has 0 radical (unpaired) electrons. The van der Waals surface area contributed by atoms with Crippen LogP contribution in [0, 0.1) is 5.92 Å². The largest absolute Gasteiger partial charge is 0.302 e. The van der Waals surface area contributed by atoms with Crippen molar-refractivity contribution in [2.24, 2.45) is 5.92 Å². The summed E-state index contributed by atoms with van der Waals surface area (Å²) in [6.45, 7) is 3.90. The van der Waals surface area contributed by atoms with Crippen molar-refractivity contribution in [2.45, 2.75) is 44.4 Å². The van der Waals surface area contributed by atoms with Gasteiger partial charge in [0.2, 0.25) is 0 Å². The summed E-state index contributed by atoms with van der Waals surface area (Å²) in [5, 5.41) is 0. The smallest absolute Gasteiger partial charge is 0.0273 e. The highest BCUT2D eigenvalue weighted by Crippen LogP contribution is 2.31. The van der Waals surface area contributed by atoms with E-state index in [2.05, 4.69) is 46.3 Å². The molecule has 0 spiro atoms. The second kappa shape index (κ2) is 7.48. The summed E-state index contributed by atoms with van der Waals surface area (Å²) >= 11 is 0. The van der Waals surface area contributed by atoms with Crippen molar-refractivity contribution >= 4 is 0 Å². The van der Waals surface area contributed by atoms with E-state index in [0.29, 0.717) is 5.92 Å². The average molecular weight is 320 g/mol. The molecule has 2 fully saturated rings. The van der Waals surface area contributed by atoms with Crippen molar-refractivity contribution in [2.75, 3.05) is 19.6 Å². The minimum absolute atomic E-state index is 0.714. The van der Waals surface area contributed by atoms with Gasteiger partial charge in [0.25, 0.3) is 0 Å². The first-order chi connectivity index (χ1) is 11.9. The van der Waals surface area contributed by atoms with Gasteiger partial charge < -0.3 is 4.90 Å². The molecule has 2 aliphatic rings. The molecule has 0 N–H and O–H groups in total. The Bertz CT molecular complexity index is 629. The quantitative estimate of drug-likeness (QED) is 0.777. The van der Waals surface area contributed by atoms with E-state index in [4.69, 9.17) is 0 Å². The van der Waals surface area contributed by atoms with Crippen molar-refractivity contribution in [1.29, 1.82) is 0 Å². The van der Waals surface area contributed by atoms with E-state index in [0.717, 1.165) is 5.92 Å². The number of hydrogen-bond acceptors (Lipinski definition) is 2. The Balaban J connectivity index is 1.41. The molecular formula is C22H28N2. The van der Waals surface area contributed by atoms with Crippen LogP contribution in [-0.4, -0.2) is 29.5 Å². The standard InChI is InChI=1S/C22H28N2/c1-2-5-18(4-1)16-24-15-3-6-22(17-24)20-9-7-19(8-10-20)21-11-13-23-14-12-21/h7-14,18,22H,1-6,15-17H2. The Morgan fingerprint density at radius 3 is 2.29 bits per heavy atom. The van der Waals surface area contributed by atoms with Crippen LogP contribution in [-0.2, 0) is 0 Å². The van der Waals surface area contributed by atoms with Gasteiger partial charge in [-0.3, -0.25) is 4.98 Å². The SMILES string of the molecule is c1cc(-c2ccc(C3CCCN(CC4CCCC4)C3)cc2)ccn1. The highest BCUT2D eigenvalue weighted by molar-refractivity contribution is 5.63. The summed E-state index contributed by atoms with van der Waals surface area (Å²) in [4.78, 5) is 6.84. The fourth-order valence-electron chi connectivity index (χ4n) is 4.54. The van der Waals surface area contributed by atoms with Crippen molar-refractivity contribution in [1.82, 2.24) is 9.88 Å². The molecule has 2 heteroatoms. The number of hydrogen-bond donors (Lipinski definition) is 0. The highest BCUT2D eigenvalue weighted by atomic mass is 15.1. The van der Waals surface area contributed by atoms with Crippen LogP contribution >= 0.6 is 0 Å². The van der Waals surface area contributed by atoms with Gasteiger partial charge in [-0.1, -0.05) is 37.1 Å². The van der Waals surface area contributed by atoms with Crippen LogP contribution in [0.25, 0.3) is 11.1 Å². The molecule has 1 atom stereocenters. The summed E-state index contributed by atoms with van der Waals surface area (Å²) in [5.41, 5.74) is 4.06. The van der Waals surface area contributed by atoms with Crippen molar-refractivity contribution in [3.63, 3.8) is 0 Å². The maximum Gasteiger partial charge on any atom is 0.0273 e. The third-order valence-corrected chi connectivity index (χ3v) is 5.89. The molecule has 0 bridgehead atoms. The monoisotopic (exact) mass is 320 g/mol. The Morgan fingerprint density at radius 2 is 1.54 bits per heavy atom. The van der Waals surface area contributed by atoms with Crippen LogP contribution in [0.15, 0.2) is 48.8 Å². The lowest BCUT2D eigenvalue weighted by Gasteiger charge is -2.34. The number of nitrogens with zero attached hydrogens (tertiary/aromatic N) is 2. The normalized spacial score (nSPS) is 22.8. The predicted octanol–water partition coefficient (Wildman–Crippen LogP) is 5.12. The number of piperidine rings is 1. The molecule has 1 unspecified atom stereocenters. The van der Waals surface area contributed by atoms with E-state index < -0.39 is 0 Å². The van der Waals surface area contributed by atoms with Crippen LogP contribution in [0.3, 0.4) is 0 Å². The minimum atomic E-state index is 0.714. The van der Waals surface area contributed by atoms with E-state index in [9.17, 15) is 0 Å². The van der Waals surface area contributed by atoms with Gasteiger partial charge in [-0.25, -0.2) is 0 Å². The molecule has 1 aliphatic heterocycles. The van der Waals surface area contributed by atoms with Gasteiger partial charge in [0.05, 0.1) is 0 Å². The van der Waals surface area contributed by atoms with Gasteiger partial charge in [0.15, 0.2) is 0 Å². The van der Waals surface area contributed by atoms with Crippen molar-refractivity contribution in [3.8, 4) is 11.1 Å². The summed E-state index contributed by atoms with van der Waals surface area (Å²) in [7, 11) is 0. The van der Waals surface area contributed by atoms with Gasteiger partial charge in [-0.2, -0.15) is 0 Å². The zero-order chi connectivity index (χ0) is 16.2. The predicted molar refractivity (Wildman–Crippen MR) is 100 cm³/mol. The van der Waals surface area contributed by atoms with Crippen molar-refractivity contribution < 1.29 is 0 Å². The molecule has 2 heterocycles. The fourth-order valence-corrected chi connectivity index (χ4v) is 4.54. The first-order valence-corrected chi connectivity index (χ1v) is 9.61. The van der Waals surface area contributed by atoms with Gasteiger partial charge >= 0.3 is 0 Å². The minimum Gasteiger partial charge on any atom is -0.302 e. The van der Waals surface area contributed by atoms with Gasteiger partial charge in [0, 0.05) is 25.5 Å². The second-order valence-electron chi connectivity index (χ2n) is 7.61. The summed E-state index contributed by atoms with van der Waals surface area (Å²) < 4.78 is 0. The maximum atomic E-state index is 4.11. The Morgan fingerprint density at radius 1 is 0.833 bits per heavy atom. The molecule has 4 rings (SSSR count). The van der Waals surface area contributed by atoms with Crippen LogP contribution in [0.1, 0.15) is 50.0 Å². The van der Waals surface area contributed by atoms with E-state index >= 15 is 0 Å². The lowest BCUT2D eigenvalue weighted by atomic mass is 9.89. The number of pyridine rings is 1. The van der Waals surface area contributed by atoms with E-state index in [1.165, 1.54) is 74.8 Å². The molecule has 1 aromatic carbocycles. The molecule has 0 amide bonds. The van der Waals surface area contributed by atoms with E-state index in [-0.39, 0.29) is 0 Å². The summed E-state index contributed by atoms with van der Waals surface area (Å²) in [6, 6.07) is 13.4. The van der Waals surface area contributed by atoms with Gasteiger partial charge in [0.1, 0.15) is 0 Å². The molecular weight excluding hydrogens is 292 g/mol. The van der Waals surface area contributed by atoms with Crippen LogP contribution in [0.4, 0.5) is 0 Å². The molecule has 1 aromatic heterocycles. The zero-order valence-electron chi connectivity index (χ0n) is 14.5. The Kier molecular flexibility index (Phi) is 4.94. The van der Waals surface area contributed by atoms with Crippen LogP contribution in [0.2, 0.25) is 0 Å². The molecule has 2 nitrogen and oxygen atoms in total. The number of rotatable bonds is 4. The third kappa shape index (κ3) is 3.70. The zero-order valence-corrected chi connectivity index (χ0v) is 14.5. The topological polar surface area (TPSA) is 16.1 Å². The van der Waals surface area contributed by atoms with E-state index in [1.807, 2.05) is 12.4 Å². The Hall–Kier alpha value is -1.67. The number of aromatic nitrogens is 1. The summed E-state index contributed by atoms with van der Waals surface area (Å²) in [6.07, 6.45) is 12.3. The molecule has 2 aromatic rings. The lowest BCUT2D eigenvalue weighted by Crippen LogP contribution is -2.37. The van der Waals surface area contributed by atoms with E-state index in [1.54, 1.807) is 0 Å². The number of benzene rings is 1. The molecule has 1 aliphatic carbocycles. The average Bonchev–Trinajstić information content (AvgIpc) is 3.16. The van der Waals surface area contributed by atoms with Gasteiger partial charge in [-0.15, -0.1) is 0 Å². The highest BCUT2D eigenvalue weighted by Gasteiger charge is 2.24. The molecule has 1 saturated carbocycles. The third-order valence-electron chi connectivity index (χ3n) is 5.89. The van der Waals surface area contributed by atoms with Crippen LogP contribution < -0.4 is 0 Å². The maximum absolute atomic E-state index is 4.11. The molecule has 24 heavy (non-hydrogen) atoms. The first-order valence-electron chi connectivity index (χ1n) is 9.61. The molecule has 1 saturated heterocycles. The van der Waals surface area contributed by atoms with Gasteiger partial charge in [-0.05, 0) is 72.9 Å². The summed E-state index contributed by atoms with van der Waals surface area (Å²) in [5.74, 6) is 1.68. The fraction of sp³-hybridized carbons (Fsp3) is 0.500. The number of likely N-dealkylation sites (tertiary alicyclic amines) is 1. The Labute approximate surface area is 145 Å². The second-order valence-corrected chi connectivity index (χ2v) is 7.61. The lowest BCUT2D eigenvalue weighted by molar-refractivity contribution is 0.179. The molecule has 126 valence electrons. The van der Waals surface area contributed by atoms with Crippen molar-refractivity contribution in [3.05, 3.63) is 54.4 Å². The van der Waals surface area contributed by atoms with Crippen LogP contribution in [0.5, 0.6) is 0 Å². The first kappa shape index (κ1) is 15.8.